The number of carboxylic acid groups (broad SMARTS) is 4. The third-order valence-corrected chi connectivity index (χ3v) is 6.99. The van der Waals surface area contributed by atoms with E-state index in [2.05, 4.69) is 15.9 Å². The molecule has 2 aliphatic rings. The highest BCUT2D eigenvalue weighted by Gasteiger charge is 2.22. The summed E-state index contributed by atoms with van der Waals surface area (Å²) in [4.78, 5) is 48.2. The number of halogens is 1. The van der Waals surface area contributed by atoms with Crippen molar-refractivity contribution in [1.29, 1.82) is 0 Å². The van der Waals surface area contributed by atoms with E-state index in [1.165, 1.54) is 42.5 Å². The number of nitrogens with zero attached hydrogens (tertiary/aromatic N) is 3. The molecule has 1 saturated heterocycles. The van der Waals surface area contributed by atoms with Crippen LogP contribution in [-0.4, -0.2) is 101 Å². The molecular formula is C32H40FN3O9. The van der Waals surface area contributed by atoms with E-state index in [-0.39, 0.29) is 5.82 Å². The number of aliphatic carboxylic acids is 4. The summed E-state index contributed by atoms with van der Waals surface area (Å²) in [7, 11) is 1.76. The molecule has 1 aliphatic heterocycles. The minimum Gasteiger partial charge on any atom is -0.478 e. The van der Waals surface area contributed by atoms with E-state index in [1.807, 2.05) is 12.1 Å². The van der Waals surface area contributed by atoms with E-state index in [0.29, 0.717) is 24.3 Å². The molecule has 0 spiro atoms. The lowest BCUT2D eigenvalue weighted by atomic mass is 9.90. The average Bonchev–Trinajstić information content (AvgIpc) is 2.99. The van der Waals surface area contributed by atoms with Crippen LogP contribution in [-0.2, 0) is 36.8 Å². The Labute approximate surface area is 261 Å². The second kappa shape index (κ2) is 19.6. The Balaban J connectivity index is 0.000000365. The molecule has 0 saturated carbocycles. The summed E-state index contributed by atoms with van der Waals surface area (Å²) in [6.45, 7) is 5.81. The van der Waals surface area contributed by atoms with Crippen molar-refractivity contribution in [3.05, 3.63) is 71.7 Å². The number of hydrogen-bond acceptors (Lipinski definition) is 8. The van der Waals surface area contributed by atoms with Crippen molar-refractivity contribution in [2.45, 2.75) is 38.5 Å². The largest absolute Gasteiger partial charge is 0.478 e. The van der Waals surface area contributed by atoms with Crippen molar-refractivity contribution in [3.63, 3.8) is 0 Å². The van der Waals surface area contributed by atoms with Gasteiger partial charge in [0.2, 0.25) is 0 Å². The highest BCUT2D eigenvalue weighted by molar-refractivity contribution is 5.90. The molecule has 4 N–H and O–H groups in total. The Bertz CT molecular complexity index is 1270. The van der Waals surface area contributed by atoms with Crippen LogP contribution in [0.2, 0.25) is 0 Å². The van der Waals surface area contributed by atoms with Gasteiger partial charge in [-0.1, -0.05) is 25.0 Å². The third kappa shape index (κ3) is 14.1. The molecule has 1 fully saturated rings. The number of pyridine rings is 1. The minimum atomic E-state index is -1.26. The molecule has 0 radical (unpaired) electrons. The van der Waals surface area contributed by atoms with Gasteiger partial charge in [0.25, 0.3) is 0 Å². The van der Waals surface area contributed by atoms with E-state index in [0.717, 1.165) is 63.6 Å². The first-order valence-corrected chi connectivity index (χ1v) is 14.5. The van der Waals surface area contributed by atoms with Gasteiger partial charge in [-0.05, 0) is 60.6 Å². The van der Waals surface area contributed by atoms with Gasteiger partial charge in [-0.15, -0.1) is 0 Å². The number of methoxy groups -OCH3 is 1. The van der Waals surface area contributed by atoms with Gasteiger partial charge in [0.15, 0.2) is 0 Å². The van der Waals surface area contributed by atoms with Crippen LogP contribution in [0.5, 0.6) is 0 Å². The summed E-state index contributed by atoms with van der Waals surface area (Å²) in [6, 6.07) is 9.21. The smallest absolute Gasteiger partial charge is 0.328 e. The number of rotatable bonds is 9. The van der Waals surface area contributed by atoms with Crippen LogP contribution in [0.3, 0.4) is 0 Å². The van der Waals surface area contributed by atoms with Gasteiger partial charge >= 0.3 is 23.9 Å². The topological polar surface area (TPSA) is 178 Å². The summed E-state index contributed by atoms with van der Waals surface area (Å²) >= 11 is 0. The van der Waals surface area contributed by atoms with E-state index in [1.54, 1.807) is 19.2 Å². The Kier molecular flexibility index (Phi) is 15.9. The number of piperazine rings is 1. The number of carboxylic acids is 4. The molecule has 12 nitrogen and oxygen atoms in total. The first kappa shape index (κ1) is 36.6. The lowest BCUT2D eigenvalue weighted by molar-refractivity contribution is -0.134. The molecule has 2 heterocycles. The first-order chi connectivity index (χ1) is 21.5. The zero-order chi connectivity index (χ0) is 33.2. The number of anilines is 1. The van der Waals surface area contributed by atoms with Gasteiger partial charge in [-0.3, -0.25) is 4.90 Å². The van der Waals surface area contributed by atoms with E-state index >= 15 is 0 Å². The molecule has 45 heavy (non-hydrogen) atoms. The molecule has 0 atom stereocenters. The lowest BCUT2D eigenvalue weighted by Crippen LogP contribution is -2.47. The predicted octanol–water partition coefficient (Wildman–Crippen LogP) is 3.74. The van der Waals surface area contributed by atoms with E-state index in [9.17, 15) is 23.6 Å². The minimum absolute atomic E-state index is 0.182. The zero-order valence-corrected chi connectivity index (χ0v) is 25.2. The van der Waals surface area contributed by atoms with Crippen molar-refractivity contribution in [3.8, 4) is 11.1 Å². The SMILES string of the molecule is COCCN1CCN(c2cc(-c3ccc(F)cc3)c3c(n2)CCCCCC3)CC1.O=C(O)/C=C\C(=O)O.O=C(O)/C=C\C(=O)O. The Morgan fingerprint density at radius 3 is 1.80 bits per heavy atom. The molecule has 0 amide bonds. The Hall–Kier alpha value is -4.62. The monoisotopic (exact) mass is 629 g/mol. The molecular weight excluding hydrogens is 589 g/mol. The molecule has 2 aromatic rings. The molecule has 0 unspecified atom stereocenters. The molecule has 13 heteroatoms. The fraction of sp³-hybridized carbons (Fsp3) is 0.406. The maximum atomic E-state index is 13.5. The number of aryl methyl sites for hydroxylation is 1. The van der Waals surface area contributed by atoms with Crippen molar-refractivity contribution >= 4 is 29.7 Å². The van der Waals surface area contributed by atoms with E-state index < -0.39 is 23.9 Å². The Morgan fingerprint density at radius 2 is 1.31 bits per heavy atom. The Morgan fingerprint density at radius 1 is 0.800 bits per heavy atom. The number of hydrogen-bond donors (Lipinski definition) is 4. The second-order valence-electron chi connectivity index (χ2n) is 10.2. The van der Waals surface area contributed by atoms with Crippen LogP contribution < -0.4 is 4.90 Å². The highest BCUT2D eigenvalue weighted by Crippen LogP contribution is 2.33. The van der Waals surface area contributed by atoms with Gasteiger partial charge in [0.1, 0.15) is 11.6 Å². The zero-order valence-electron chi connectivity index (χ0n) is 25.2. The molecule has 1 aromatic heterocycles. The van der Waals surface area contributed by atoms with Crippen LogP contribution in [0.15, 0.2) is 54.6 Å². The van der Waals surface area contributed by atoms with Gasteiger partial charge < -0.3 is 30.1 Å². The van der Waals surface area contributed by atoms with Gasteiger partial charge in [-0.2, -0.15) is 0 Å². The van der Waals surface area contributed by atoms with Crippen molar-refractivity contribution in [2.24, 2.45) is 0 Å². The fourth-order valence-electron chi connectivity index (χ4n) is 4.80. The number of aromatic nitrogens is 1. The summed E-state index contributed by atoms with van der Waals surface area (Å²) in [5.41, 5.74) is 4.97. The van der Waals surface area contributed by atoms with Crippen LogP contribution >= 0.6 is 0 Å². The summed E-state index contributed by atoms with van der Waals surface area (Å²) < 4.78 is 18.7. The van der Waals surface area contributed by atoms with Gasteiger partial charge in [0, 0.05) is 69.8 Å². The second-order valence-corrected chi connectivity index (χ2v) is 10.2. The third-order valence-electron chi connectivity index (χ3n) is 6.99. The van der Waals surface area contributed by atoms with Gasteiger partial charge in [0.05, 0.1) is 6.61 Å². The number of ether oxygens (including phenoxy) is 1. The molecule has 0 bridgehead atoms. The highest BCUT2D eigenvalue weighted by atomic mass is 19.1. The number of fused-ring (bicyclic) bond motifs is 1. The number of benzene rings is 1. The van der Waals surface area contributed by atoms with Crippen molar-refractivity contribution in [2.75, 3.05) is 51.3 Å². The standard InChI is InChI=1S/C24H32FN3O.2C4H4O4/c1-29-17-16-27-12-14-28(15-13-27)24-18-22(19-8-10-20(25)11-9-19)21-6-4-2-3-5-7-23(21)26-24;2*5-3(6)1-2-4(7)8/h8-11,18H,2-7,12-17H2,1H3;2*1-2H,(H,5,6)(H,7,8)/b;2*2-1-. The van der Waals surface area contributed by atoms with E-state index in [4.69, 9.17) is 30.1 Å². The van der Waals surface area contributed by atoms with Gasteiger partial charge in [-0.25, -0.2) is 28.6 Å². The van der Waals surface area contributed by atoms with Crippen LogP contribution in [0.25, 0.3) is 11.1 Å². The first-order valence-electron chi connectivity index (χ1n) is 14.5. The molecule has 4 rings (SSSR count). The summed E-state index contributed by atoms with van der Waals surface area (Å²) in [6.07, 6.45) is 9.33. The quantitative estimate of drug-likeness (QED) is 0.296. The van der Waals surface area contributed by atoms with Crippen LogP contribution in [0.4, 0.5) is 10.2 Å². The number of carbonyl (C=O) groups is 4. The normalized spacial score (nSPS) is 15.1. The summed E-state index contributed by atoms with van der Waals surface area (Å²) in [5.74, 6) is -4.13. The maximum Gasteiger partial charge on any atom is 0.328 e. The average molecular weight is 630 g/mol. The summed E-state index contributed by atoms with van der Waals surface area (Å²) in [5, 5.41) is 31.2. The molecule has 1 aliphatic carbocycles. The predicted molar refractivity (Wildman–Crippen MR) is 165 cm³/mol. The fourth-order valence-corrected chi connectivity index (χ4v) is 4.80. The lowest BCUT2D eigenvalue weighted by Gasteiger charge is -2.36. The molecule has 244 valence electrons. The van der Waals surface area contributed by atoms with Crippen molar-refractivity contribution < 1.29 is 48.7 Å². The van der Waals surface area contributed by atoms with Crippen LogP contribution in [0.1, 0.15) is 36.9 Å². The maximum absolute atomic E-state index is 13.5. The van der Waals surface area contributed by atoms with Crippen molar-refractivity contribution in [1.82, 2.24) is 9.88 Å². The molecule has 1 aromatic carbocycles. The van der Waals surface area contributed by atoms with Crippen LogP contribution in [0, 0.1) is 5.82 Å².